The van der Waals surface area contributed by atoms with Crippen LogP contribution in [0.25, 0.3) is 0 Å². The smallest absolute Gasteiger partial charge is 0.291 e. The summed E-state index contributed by atoms with van der Waals surface area (Å²) in [6.07, 6.45) is 1.31. The van der Waals surface area contributed by atoms with Crippen LogP contribution in [-0.4, -0.2) is 24.9 Å². The van der Waals surface area contributed by atoms with E-state index in [1.54, 1.807) is 24.3 Å². The number of amides is 2. The molecule has 1 aliphatic heterocycles. The summed E-state index contributed by atoms with van der Waals surface area (Å²) in [6, 6.07) is 16.6. The molecule has 0 saturated heterocycles. The van der Waals surface area contributed by atoms with Gasteiger partial charge in [-0.25, -0.2) is 0 Å². The lowest BCUT2D eigenvalue weighted by atomic mass is 10.1. The number of nitrogens with one attached hydrogen (secondary N) is 2. The standard InChI is InChI=1S/C23H22BrN3O3/c1-2-27-12-11-16-5-8-18(14-19(16)27)25-22(28)13-15-3-6-17(7-4-15)26-23(29)20-9-10-21(24)30-20/h3-10,14H,2,11-13H2,1H3,(H,25,28)(H,26,29). The summed E-state index contributed by atoms with van der Waals surface area (Å²) < 4.78 is 5.74. The Labute approximate surface area is 183 Å². The van der Waals surface area contributed by atoms with Crippen molar-refractivity contribution < 1.29 is 14.0 Å². The third-order valence-electron chi connectivity index (χ3n) is 5.12. The van der Waals surface area contributed by atoms with Gasteiger partial charge in [-0.1, -0.05) is 18.2 Å². The summed E-state index contributed by atoms with van der Waals surface area (Å²) in [6.45, 7) is 4.13. The number of halogens is 1. The fourth-order valence-electron chi connectivity index (χ4n) is 3.58. The summed E-state index contributed by atoms with van der Waals surface area (Å²) in [5, 5.41) is 5.75. The second-order valence-corrected chi connectivity index (χ2v) is 7.93. The molecule has 6 nitrogen and oxygen atoms in total. The van der Waals surface area contributed by atoms with E-state index in [1.165, 1.54) is 11.3 Å². The van der Waals surface area contributed by atoms with Crippen LogP contribution >= 0.6 is 15.9 Å². The van der Waals surface area contributed by atoms with Crippen molar-refractivity contribution in [1.82, 2.24) is 0 Å². The minimum absolute atomic E-state index is 0.0757. The van der Waals surface area contributed by atoms with Crippen LogP contribution in [0.5, 0.6) is 0 Å². The van der Waals surface area contributed by atoms with Crippen LogP contribution in [0.3, 0.4) is 0 Å². The number of rotatable bonds is 6. The Hall–Kier alpha value is -3.06. The van der Waals surface area contributed by atoms with Gasteiger partial charge in [-0.05, 0) is 76.8 Å². The molecule has 4 rings (SSSR count). The van der Waals surface area contributed by atoms with E-state index < -0.39 is 0 Å². The van der Waals surface area contributed by atoms with Crippen LogP contribution < -0.4 is 15.5 Å². The molecule has 0 bridgehead atoms. The third kappa shape index (κ3) is 4.57. The van der Waals surface area contributed by atoms with Crippen LogP contribution in [0.1, 0.15) is 28.6 Å². The zero-order valence-electron chi connectivity index (χ0n) is 16.6. The van der Waals surface area contributed by atoms with E-state index in [0.29, 0.717) is 10.4 Å². The Bertz CT molecular complexity index is 1080. The van der Waals surface area contributed by atoms with Gasteiger partial charge in [-0.15, -0.1) is 0 Å². The van der Waals surface area contributed by atoms with Gasteiger partial charge in [0.25, 0.3) is 5.91 Å². The second-order valence-electron chi connectivity index (χ2n) is 7.15. The normalized spacial score (nSPS) is 12.5. The largest absolute Gasteiger partial charge is 0.444 e. The molecule has 7 heteroatoms. The monoisotopic (exact) mass is 467 g/mol. The summed E-state index contributed by atoms with van der Waals surface area (Å²) in [5.74, 6) is -0.182. The summed E-state index contributed by atoms with van der Waals surface area (Å²) in [5.41, 5.74) is 4.85. The van der Waals surface area contributed by atoms with Crippen LogP contribution in [-0.2, 0) is 17.6 Å². The third-order valence-corrected chi connectivity index (χ3v) is 5.54. The maximum atomic E-state index is 12.5. The lowest BCUT2D eigenvalue weighted by Gasteiger charge is -2.17. The predicted molar refractivity (Wildman–Crippen MR) is 121 cm³/mol. The Balaban J connectivity index is 1.34. The van der Waals surface area contributed by atoms with Gasteiger partial charge in [0.2, 0.25) is 5.91 Å². The minimum Gasteiger partial charge on any atom is -0.444 e. The van der Waals surface area contributed by atoms with Gasteiger partial charge in [0.15, 0.2) is 10.4 Å². The van der Waals surface area contributed by atoms with Gasteiger partial charge in [0.1, 0.15) is 0 Å². The van der Waals surface area contributed by atoms with Crippen molar-refractivity contribution in [3.63, 3.8) is 0 Å². The Morgan fingerprint density at radius 3 is 2.50 bits per heavy atom. The van der Waals surface area contributed by atoms with E-state index in [0.717, 1.165) is 30.8 Å². The van der Waals surface area contributed by atoms with Crippen molar-refractivity contribution >= 4 is 44.8 Å². The first-order valence-electron chi connectivity index (χ1n) is 9.85. The molecule has 1 aromatic heterocycles. The quantitative estimate of drug-likeness (QED) is 0.542. The molecule has 2 heterocycles. The summed E-state index contributed by atoms with van der Waals surface area (Å²) >= 11 is 3.18. The number of anilines is 3. The molecule has 0 spiro atoms. The topological polar surface area (TPSA) is 74.6 Å². The zero-order chi connectivity index (χ0) is 21.1. The molecule has 2 amide bonds. The van der Waals surface area contributed by atoms with Crippen molar-refractivity contribution in [1.29, 1.82) is 0 Å². The van der Waals surface area contributed by atoms with Gasteiger partial charge in [-0.3, -0.25) is 9.59 Å². The van der Waals surface area contributed by atoms with Crippen molar-refractivity contribution in [2.24, 2.45) is 0 Å². The molecule has 0 atom stereocenters. The average Bonchev–Trinajstić information content (AvgIpc) is 3.35. The van der Waals surface area contributed by atoms with Crippen molar-refractivity contribution in [3.8, 4) is 0 Å². The molecule has 0 unspecified atom stereocenters. The molecule has 2 N–H and O–H groups in total. The van der Waals surface area contributed by atoms with Gasteiger partial charge >= 0.3 is 0 Å². The van der Waals surface area contributed by atoms with Crippen LogP contribution in [0, 0.1) is 0 Å². The number of furan rings is 1. The molecular weight excluding hydrogens is 446 g/mol. The minimum atomic E-state index is -0.330. The van der Waals surface area contributed by atoms with Crippen LogP contribution in [0.15, 0.2) is 63.7 Å². The maximum absolute atomic E-state index is 12.5. The van der Waals surface area contributed by atoms with E-state index >= 15 is 0 Å². The van der Waals surface area contributed by atoms with Gasteiger partial charge in [0, 0.05) is 30.2 Å². The fraction of sp³-hybridized carbons (Fsp3) is 0.217. The number of nitrogens with zero attached hydrogens (tertiary/aromatic N) is 1. The molecule has 0 radical (unpaired) electrons. The van der Waals surface area contributed by atoms with Crippen LogP contribution in [0.4, 0.5) is 17.1 Å². The molecular formula is C23H22BrN3O3. The lowest BCUT2D eigenvalue weighted by molar-refractivity contribution is -0.115. The highest BCUT2D eigenvalue weighted by molar-refractivity contribution is 9.10. The Morgan fingerprint density at radius 1 is 1.03 bits per heavy atom. The Kier molecular flexibility index (Phi) is 5.90. The number of hydrogen-bond acceptors (Lipinski definition) is 4. The summed E-state index contributed by atoms with van der Waals surface area (Å²) in [4.78, 5) is 26.9. The zero-order valence-corrected chi connectivity index (χ0v) is 18.2. The van der Waals surface area contributed by atoms with Crippen LogP contribution in [0.2, 0.25) is 0 Å². The number of fused-ring (bicyclic) bond motifs is 1. The highest BCUT2D eigenvalue weighted by Crippen LogP contribution is 2.30. The summed E-state index contributed by atoms with van der Waals surface area (Å²) in [7, 11) is 0. The second kappa shape index (κ2) is 8.75. The van der Waals surface area contributed by atoms with E-state index in [-0.39, 0.29) is 24.0 Å². The molecule has 1 aliphatic rings. The predicted octanol–water partition coefficient (Wildman–Crippen LogP) is 4.86. The first-order chi connectivity index (χ1) is 14.5. The van der Waals surface area contributed by atoms with E-state index in [4.69, 9.17) is 4.42 Å². The van der Waals surface area contributed by atoms with E-state index in [9.17, 15) is 9.59 Å². The van der Waals surface area contributed by atoms with Crippen molar-refractivity contribution in [2.45, 2.75) is 19.8 Å². The molecule has 154 valence electrons. The molecule has 0 aliphatic carbocycles. The molecule has 0 fully saturated rings. The maximum Gasteiger partial charge on any atom is 0.291 e. The molecule has 3 aromatic rings. The van der Waals surface area contributed by atoms with Crippen molar-refractivity contribution in [2.75, 3.05) is 28.6 Å². The fourth-order valence-corrected chi connectivity index (χ4v) is 3.88. The molecule has 0 saturated carbocycles. The Morgan fingerprint density at radius 2 is 1.80 bits per heavy atom. The number of hydrogen-bond donors (Lipinski definition) is 2. The highest BCUT2D eigenvalue weighted by atomic mass is 79.9. The van der Waals surface area contributed by atoms with E-state index in [1.807, 2.05) is 18.2 Å². The molecule has 30 heavy (non-hydrogen) atoms. The van der Waals surface area contributed by atoms with Gasteiger partial charge in [0.05, 0.1) is 6.42 Å². The lowest BCUT2D eigenvalue weighted by Crippen LogP contribution is -2.19. The van der Waals surface area contributed by atoms with Gasteiger partial charge < -0.3 is 20.0 Å². The van der Waals surface area contributed by atoms with Gasteiger partial charge in [-0.2, -0.15) is 0 Å². The number of likely N-dealkylation sites (N-methyl/N-ethyl adjacent to an activating group) is 1. The molecule has 2 aromatic carbocycles. The highest BCUT2D eigenvalue weighted by Gasteiger charge is 2.18. The first-order valence-corrected chi connectivity index (χ1v) is 10.6. The number of benzene rings is 2. The van der Waals surface area contributed by atoms with Crippen molar-refractivity contribution in [3.05, 3.63) is 76.2 Å². The first kappa shape index (κ1) is 20.2. The average molecular weight is 468 g/mol. The van der Waals surface area contributed by atoms with E-state index in [2.05, 4.69) is 50.5 Å². The SMILES string of the molecule is CCN1CCc2ccc(NC(=O)Cc3ccc(NC(=O)c4ccc(Br)o4)cc3)cc21. The number of carbonyl (C=O) groups excluding carboxylic acids is 2. The number of carbonyl (C=O) groups is 2.